The second-order valence-corrected chi connectivity index (χ2v) is 12.8. The highest BCUT2D eigenvalue weighted by atomic mass is 16.5. The van der Waals surface area contributed by atoms with Crippen LogP contribution in [0.4, 0.5) is 11.9 Å². The monoisotopic (exact) mass is 781 g/mol. The Morgan fingerprint density at radius 2 is 1.19 bits per heavy atom. The molecule has 4 aromatic heterocycles. The lowest BCUT2D eigenvalue weighted by Crippen LogP contribution is -2.17. The maximum atomic E-state index is 13.6. The number of benzene rings is 2. The molecule has 6 rings (SSSR count). The molecule has 0 atom stereocenters. The first-order chi connectivity index (χ1) is 27.4. The molecule has 0 aliphatic heterocycles. The van der Waals surface area contributed by atoms with Crippen molar-refractivity contribution < 1.29 is 37.5 Å². The van der Waals surface area contributed by atoms with E-state index in [4.69, 9.17) is 35.5 Å². The van der Waals surface area contributed by atoms with Crippen LogP contribution < -0.4 is 37.3 Å². The molecule has 0 unspecified atom stereocenters. The average molecular weight is 782 g/mol. The number of carbonyl (C=O) groups is 4. The van der Waals surface area contributed by atoms with E-state index in [2.05, 4.69) is 30.6 Å². The number of imidazole rings is 2. The number of aryl methyl sites for hydroxylation is 4. The minimum Gasteiger partial charge on any atom is -0.494 e. The molecule has 0 saturated heterocycles. The second kappa shape index (κ2) is 16.8. The standard InChI is InChI=1S/C38H43N11O8/c1-6-23-31(56-19(3)42-23)35(52)46-37-44-25-15-21(33(40)50)17-27(54-5)29(25)48(37)12-8-9-13-49-30-26(16-22(34(41)51)18-28(30)55-14-10-11-39)45-38(49)47-36(53)32-24(7-2)43-20(4)57-32/h8-9,15-18H,6-7,10-14,39H2,1-5H3,(H2,40,50)(H2,41,51)(H,44,46,52)(H,45,47,53)/b9-8+. The molecule has 8 N–H and O–H groups in total. The van der Waals surface area contributed by atoms with E-state index in [1.54, 1.807) is 35.1 Å². The summed E-state index contributed by atoms with van der Waals surface area (Å²) in [4.78, 5) is 69.5. The minimum absolute atomic E-state index is 0.0444. The molecule has 0 bridgehead atoms. The third kappa shape index (κ3) is 8.18. The summed E-state index contributed by atoms with van der Waals surface area (Å²) in [5.74, 6) is -0.921. The van der Waals surface area contributed by atoms with Crippen LogP contribution in [0.3, 0.4) is 0 Å². The largest absolute Gasteiger partial charge is 0.494 e. The van der Waals surface area contributed by atoms with Gasteiger partial charge in [-0.05, 0) is 50.1 Å². The molecule has 2 aromatic carbocycles. The van der Waals surface area contributed by atoms with Crippen molar-refractivity contribution in [3.05, 3.63) is 82.2 Å². The van der Waals surface area contributed by atoms with E-state index in [1.165, 1.54) is 31.4 Å². The van der Waals surface area contributed by atoms with Crippen molar-refractivity contribution in [3.63, 3.8) is 0 Å². The van der Waals surface area contributed by atoms with Gasteiger partial charge in [0.25, 0.3) is 11.8 Å². The number of amides is 4. The van der Waals surface area contributed by atoms with Crippen molar-refractivity contribution in [1.29, 1.82) is 0 Å². The zero-order chi connectivity index (χ0) is 41.0. The van der Waals surface area contributed by atoms with E-state index in [1.807, 2.05) is 13.8 Å². The van der Waals surface area contributed by atoms with E-state index in [-0.39, 0.29) is 60.0 Å². The van der Waals surface area contributed by atoms with Crippen molar-refractivity contribution in [3.8, 4) is 11.5 Å². The van der Waals surface area contributed by atoms with Gasteiger partial charge in [-0.3, -0.25) is 29.8 Å². The van der Waals surface area contributed by atoms with Crippen molar-refractivity contribution in [1.82, 2.24) is 29.1 Å². The Morgan fingerprint density at radius 3 is 1.61 bits per heavy atom. The van der Waals surface area contributed by atoms with E-state index >= 15 is 0 Å². The number of allylic oxidation sites excluding steroid dienone is 2. The van der Waals surface area contributed by atoms with Gasteiger partial charge in [0.15, 0.2) is 11.8 Å². The zero-order valence-corrected chi connectivity index (χ0v) is 32.1. The number of ether oxygens (including phenoxy) is 2. The minimum atomic E-state index is -0.691. The number of nitrogens with two attached hydrogens (primary N) is 3. The number of rotatable bonds is 17. The van der Waals surface area contributed by atoms with E-state index < -0.39 is 23.6 Å². The third-order valence-corrected chi connectivity index (χ3v) is 8.89. The number of hydrogen-bond donors (Lipinski definition) is 5. The van der Waals surface area contributed by atoms with Crippen LogP contribution in [-0.4, -0.2) is 73.0 Å². The molecule has 4 amide bonds. The molecule has 0 aliphatic rings. The summed E-state index contributed by atoms with van der Waals surface area (Å²) in [6.07, 6.45) is 5.05. The molecular formula is C38H43N11O8. The Hall–Kier alpha value is -7.02. The van der Waals surface area contributed by atoms with Crippen molar-refractivity contribution >= 4 is 57.6 Å². The van der Waals surface area contributed by atoms with E-state index in [9.17, 15) is 19.2 Å². The van der Waals surface area contributed by atoms with Crippen LogP contribution in [0.2, 0.25) is 0 Å². The van der Waals surface area contributed by atoms with E-state index in [0.717, 1.165) is 0 Å². The lowest BCUT2D eigenvalue weighted by molar-refractivity contribution is 0.0985. The average Bonchev–Trinajstić information content (AvgIpc) is 3.95. The van der Waals surface area contributed by atoms with E-state index in [0.29, 0.717) is 76.8 Å². The number of methoxy groups -OCH3 is 1. The van der Waals surface area contributed by atoms with Crippen LogP contribution in [0.1, 0.15) is 85.3 Å². The molecule has 0 aliphatic carbocycles. The fourth-order valence-corrected chi connectivity index (χ4v) is 6.27. The zero-order valence-electron chi connectivity index (χ0n) is 32.1. The fourth-order valence-electron chi connectivity index (χ4n) is 6.27. The fraction of sp³-hybridized carbons (Fsp3) is 0.316. The Labute approximate surface area is 325 Å². The lowest BCUT2D eigenvalue weighted by Gasteiger charge is -2.13. The van der Waals surface area contributed by atoms with Crippen molar-refractivity contribution in [2.75, 3.05) is 30.9 Å². The van der Waals surface area contributed by atoms with Gasteiger partial charge in [-0.2, -0.15) is 0 Å². The molecule has 298 valence electrons. The van der Waals surface area contributed by atoms with Crippen LogP contribution in [0.15, 0.2) is 45.3 Å². The normalized spacial score (nSPS) is 11.5. The highest BCUT2D eigenvalue weighted by Crippen LogP contribution is 2.33. The number of primary amides is 2. The second-order valence-electron chi connectivity index (χ2n) is 12.8. The van der Waals surface area contributed by atoms with Crippen LogP contribution in [0.5, 0.6) is 11.5 Å². The van der Waals surface area contributed by atoms with Gasteiger partial charge in [0.05, 0.1) is 36.1 Å². The maximum Gasteiger partial charge on any atom is 0.295 e. The first kappa shape index (κ1) is 39.7. The predicted octanol–water partition coefficient (Wildman–Crippen LogP) is 3.80. The molecular weight excluding hydrogens is 738 g/mol. The molecule has 0 fully saturated rings. The molecule has 57 heavy (non-hydrogen) atoms. The topological polar surface area (TPSA) is 277 Å². The van der Waals surface area contributed by atoms with Crippen LogP contribution in [-0.2, 0) is 25.9 Å². The molecule has 4 heterocycles. The Balaban J connectivity index is 1.41. The summed E-state index contributed by atoms with van der Waals surface area (Å²) in [7, 11) is 1.44. The molecule has 0 saturated carbocycles. The number of nitrogens with zero attached hydrogens (tertiary/aromatic N) is 6. The van der Waals surface area contributed by atoms with Gasteiger partial charge >= 0.3 is 0 Å². The summed E-state index contributed by atoms with van der Waals surface area (Å²) in [6.45, 7) is 7.87. The molecule has 6 aromatic rings. The number of anilines is 2. The number of oxazole rings is 2. The highest BCUT2D eigenvalue weighted by molar-refractivity contribution is 6.05. The number of aromatic nitrogens is 6. The van der Waals surface area contributed by atoms with Crippen LogP contribution in [0, 0.1) is 13.8 Å². The smallest absolute Gasteiger partial charge is 0.295 e. The number of fused-ring (bicyclic) bond motifs is 2. The number of hydrogen-bond acceptors (Lipinski definition) is 13. The Kier molecular flexibility index (Phi) is 11.7. The summed E-state index contributed by atoms with van der Waals surface area (Å²) >= 11 is 0. The molecule has 0 radical (unpaired) electrons. The first-order valence-corrected chi connectivity index (χ1v) is 18.1. The Bertz CT molecular complexity index is 2540. The quantitative estimate of drug-likeness (QED) is 0.0651. The molecule has 0 spiro atoms. The SMILES string of the molecule is CCc1nc(C)oc1C(=O)Nc1nc2cc(C(N)=O)cc(OC)c2n1C/C=C/Cn1c(NC(=O)c2oc(C)nc2CC)nc2cc(C(N)=O)cc(OCCCN)c21. The maximum absolute atomic E-state index is 13.6. The van der Waals surface area contributed by atoms with Crippen molar-refractivity contribution in [2.45, 2.75) is 60.0 Å². The molecule has 19 heteroatoms. The van der Waals surface area contributed by atoms with Gasteiger partial charge < -0.3 is 44.6 Å². The Morgan fingerprint density at radius 1 is 0.737 bits per heavy atom. The van der Waals surface area contributed by atoms with Gasteiger partial charge in [-0.25, -0.2) is 19.9 Å². The first-order valence-electron chi connectivity index (χ1n) is 18.1. The van der Waals surface area contributed by atoms with Gasteiger partial charge in [0.1, 0.15) is 22.5 Å². The molecule has 19 nitrogen and oxygen atoms in total. The summed E-state index contributed by atoms with van der Waals surface area (Å²) in [6, 6.07) is 6.03. The van der Waals surface area contributed by atoms with Gasteiger partial charge in [-0.1, -0.05) is 26.0 Å². The van der Waals surface area contributed by atoms with Crippen LogP contribution >= 0.6 is 0 Å². The van der Waals surface area contributed by atoms with Gasteiger partial charge in [0, 0.05) is 38.1 Å². The summed E-state index contributed by atoms with van der Waals surface area (Å²) in [5.41, 5.74) is 19.9. The lowest BCUT2D eigenvalue weighted by atomic mass is 10.1. The highest BCUT2D eigenvalue weighted by Gasteiger charge is 2.25. The number of carbonyl (C=O) groups excluding carboxylic acids is 4. The van der Waals surface area contributed by atoms with Crippen LogP contribution in [0.25, 0.3) is 22.1 Å². The third-order valence-electron chi connectivity index (χ3n) is 8.89. The van der Waals surface area contributed by atoms with Gasteiger partial charge in [0.2, 0.25) is 35.2 Å². The summed E-state index contributed by atoms with van der Waals surface area (Å²) in [5, 5.41) is 5.66. The number of nitrogens with one attached hydrogen (secondary N) is 2. The predicted molar refractivity (Wildman–Crippen MR) is 209 cm³/mol. The summed E-state index contributed by atoms with van der Waals surface area (Å²) < 4.78 is 26.4. The van der Waals surface area contributed by atoms with Gasteiger partial charge in [-0.15, -0.1) is 0 Å². The van der Waals surface area contributed by atoms with Crippen molar-refractivity contribution in [2.24, 2.45) is 17.2 Å².